The van der Waals surface area contributed by atoms with Crippen LogP contribution in [0.3, 0.4) is 0 Å². The van der Waals surface area contributed by atoms with Crippen LogP contribution in [0.15, 0.2) is 0 Å². The van der Waals surface area contributed by atoms with E-state index in [2.05, 4.69) is 0 Å². The number of rotatable bonds is 6. The molecule has 3 nitrogen and oxygen atoms in total. The molecule has 0 aliphatic rings. The first-order valence-corrected chi connectivity index (χ1v) is 6.10. The van der Waals surface area contributed by atoms with Crippen LogP contribution in [0, 0.1) is 0 Å². The molecule has 0 spiro atoms. The molecule has 0 bridgehead atoms. The lowest BCUT2D eigenvalue weighted by atomic mass is 10.9. The van der Waals surface area contributed by atoms with E-state index in [1.165, 1.54) is 0 Å². The number of alkyl halides is 1. The zero-order chi connectivity index (χ0) is 8.74. The van der Waals surface area contributed by atoms with Gasteiger partial charge < -0.3 is 13.3 Å². The molecule has 0 aromatic heterocycles. The van der Waals surface area contributed by atoms with Gasteiger partial charge >= 0.3 is 8.80 Å². The standard InChI is InChI=1S/C6H15ClO3Si/c1-4-9-11(6-7,8-3)10-5-2/h4-6H2,1-3H3. The van der Waals surface area contributed by atoms with Crippen molar-refractivity contribution in [2.45, 2.75) is 13.8 Å². The fraction of sp³-hybridized carbons (Fsp3) is 1.00. The summed E-state index contributed by atoms with van der Waals surface area (Å²) in [5, 5.41) is 0. The van der Waals surface area contributed by atoms with Crippen LogP contribution < -0.4 is 0 Å². The van der Waals surface area contributed by atoms with Crippen LogP contribution in [0.4, 0.5) is 0 Å². The Labute approximate surface area is 74.0 Å². The van der Waals surface area contributed by atoms with Crippen molar-refractivity contribution in [3.8, 4) is 0 Å². The fourth-order valence-corrected chi connectivity index (χ4v) is 2.98. The minimum Gasteiger partial charge on any atom is -0.376 e. The second kappa shape index (κ2) is 5.96. The Bertz CT molecular complexity index is 89.8. The van der Waals surface area contributed by atoms with Crippen molar-refractivity contribution < 1.29 is 13.3 Å². The van der Waals surface area contributed by atoms with Crippen molar-refractivity contribution in [2.75, 3.05) is 25.8 Å². The quantitative estimate of drug-likeness (QED) is 0.478. The molecule has 5 heteroatoms. The predicted octanol–water partition coefficient (Wildman–Crippen LogP) is 1.42. The molecule has 0 fully saturated rings. The molecule has 0 saturated carbocycles. The van der Waals surface area contributed by atoms with E-state index >= 15 is 0 Å². The molecular formula is C6H15ClO3Si. The Morgan fingerprint density at radius 1 is 1.18 bits per heavy atom. The van der Waals surface area contributed by atoms with Crippen LogP contribution >= 0.6 is 11.6 Å². The summed E-state index contributed by atoms with van der Waals surface area (Å²) >= 11 is 5.67. The maximum absolute atomic E-state index is 5.67. The predicted molar refractivity (Wildman–Crippen MR) is 46.7 cm³/mol. The van der Waals surface area contributed by atoms with Gasteiger partial charge in [-0.05, 0) is 13.8 Å². The molecule has 0 amide bonds. The fourth-order valence-electron chi connectivity index (χ4n) is 0.731. The van der Waals surface area contributed by atoms with Gasteiger partial charge in [-0.3, -0.25) is 0 Å². The average molecular weight is 199 g/mol. The topological polar surface area (TPSA) is 27.7 Å². The first kappa shape index (κ1) is 11.4. The molecule has 0 aromatic carbocycles. The summed E-state index contributed by atoms with van der Waals surface area (Å²) in [4.78, 5) is 0. The largest absolute Gasteiger partial charge is 0.516 e. The lowest BCUT2D eigenvalue weighted by Crippen LogP contribution is -2.47. The minimum absolute atomic E-state index is 0.311. The monoisotopic (exact) mass is 198 g/mol. The number of halogens is 1. The Balaban J connectivity index is 3.96. The van der Waals surface area contributed by atoms with Gasteiger partial charge in [-0.2, -0.15) is 0 Å². The third-order valence-corrected chi connectivity index (χ3v) is 4.59. The van der Waals surface area contributed by atoms with E-state index < -0.39 is 8.80 Å². The van der Waals surface area contributed by atoms with E-state index in [1.54, 1.807) is 7.11 Å². The molecule has 11 heavy (non-hydrogen) atoms. The summed E-state index contributed by atoms with van der Waals surface area (Å²) in [6.07, 6.45) is 0. The first-order chi connectivity index (χ1) is 5.24. The van der Waals surface area contributed by atoms with Crippen molar-refractivity contribution in [2.24, 2.45) is 0 Å². The highest BCUT2D eigenvalue weighted by molar-refractivity contribution is 6.69. The summed E-state index contributed by atoms with van der Waals surface area (Å²) in [5.41, 5.74) is 0.311. The highest BCUT2D eigenvalue weighted by atomic mass is 35.5. The van der Waals surface area contributed by atoms with E-state index in [-0.39, 0.29) is 0 Å². The summed E-state index contributed by atoms with van der Waals surface area (Å²) < 4.78 is 15.8. The third kappa shape index (κ3) is 3.53. The maximum atomic E-state index is 5.67. The van der Waals surface area contributed by atoms with Gasteiger partial charge in [-0.25, -0.2) is 0 Å². The van der Waals surface area contributed by atoms with Gasteiger partial charge in [0.05, 0.1) is 5.50 Å². The van der Waals surface area contributed by atoms with Gasteiger partial charge in [0.15, 0.2) is 0 Å². The van der Waals surface area contributed by atoms with Gasteiger partial charge in [0.2, 0.25) is 0 Å². The van der Waals surface area contributed by atoms with Crippen LogP contribution in [0.5, 0.6) is 0 Å². The average Bonchev–Trinajstić information content (AvgIpc) is 2.04. The number of hydrogen-bond acceptors (Lipinski definition) is 3. The Hall–Kier alpha value is 0.387. The molecule has 0 rings (SSSR count). The number of hydrogen-bond donors (Lipinski definition) is 0. The summed E-state index contributed by atoms with van der Waals surface area (Å²) in [6, 6.07) is 0. The zero-order valence-corrected chi connectivity index (χ0v) is 8.98. The van der Waals surface area contributed by atoms with Gasteiger partial charge in [0, 0.05) is 20.3 Å². The third-order valence-electron chi connectivity index (χ3n) is 1.20. The van der Waals surface area contributed by atoms with Crippen LogP contribution in [-0.2, 0) is 13.3 Å². The highest BCUT2D eigenvalue weighted by Crippen LogP contribution is 2.09. The van der Waals surface area contributed by atoms with Crippen LogP contribution in [-0.4, -0.2) is 34.6 Å². The molecule has 0 saturated heterocycles. The normalized spacial score (nSPS) is 12.0. The van der Waals surface area contributed by atoms with Crippen molar-refractivity contribution >= 4 is 20.4 Å². The Morgan fingerprint density at radius 3 is 1.82 bits per heavy atom. The van der Waals surface area contributed by atoms with Crippen molar-refractivity contribution in [1.82, 2.24) is 0 Å². The molecule has 0 aliphatic heterocycles. The maximum Gasteiger partial charge on any atom is 0.516 e. The Kier molecular flexibility index (Phi) is 6.17. The molecule has 0 aromatic rings. The van der Waals surface area contributed by atoms with Gasteiger partial charge in [0.1, 0.15) is 0 Å². The second-order valence-electron chi connectivity index (χ2n) is 1.89. The van der Waals surface area contributed by atoms with E-state index in [1.807, 2.05) is 13.8 Å². The van der Waals surface area contributed by atoms with E-state index in [0.29, 0.717) is 18.7 Å². The molecular weight excluding hydrogens is 184 g/mol. The highest BCUT2D eigenvalue weighted by Gasteiger charge is 2.38. The van der Waals surface area contributed by atoms with Crippen LogP contribution in [0.25, 0.3) is 0 Å². The molecule has 0 heterocycles. The van der Waals surface area contributed by atoms with Gasteiger partial charge in [0.25, 0.3) is 0 Å². The summed E-state index contributed by atoms with van der Waals surface area (Å²) in [7, 11) is -0.909. The van der Waals surface area contributed by atoms with Crippen molar-refractivity contribution in [1.29, 1.82) is 0 Å². The lowest BCUT2D eigenvalue weighted by molar-refractivity contribution is 0.0925. The minimum atomic E-state index is -2.48. The van der Waals surface area contributed by atoms with Gasteiger partial charge in [-0.15, -0.1) is 11.6 Å². The molecule has 0 atom stereocenters. The van der Waals surface area contributed by atoms with Crippen LogP contribution in [0.2, 0.25) is 0 Å². The Morgan fingerprint density at radius 2 is 1.64 bits per heavy atom. The molecule has 0 radical (unpaired) electrons. The smallest absolute Gasteiger partial charge is 0.376 e. The molecule has 0 N–H and O–H groups in total. The lowest BCUT2D eigenvalue weighted by Gasteiger charge is -2.24. The van der Waals surface area contributed by atoms with E-state index in [0.717, 1.165) is 0 Å². The molecule has 0 aliphatic carbocycles. The molecule has 0 unspecified atom stereocenters. The SMILES string of the molecule is CCO[Si](CCl)(OC)OCC. The zero-order valence-electron chi connectivity index (χ0n) is 7.22. The molecule has 68 valence electrons. The second-order valence-corrected chi connectivity index (χ2v) is 5.31. The van der Waals surface area contributed by atoms with Gasteiger partial charge in [-0.1, -0.05) is 0 Å². The summed E-state index contributed by atoms with van der Waals surface area (Å²) in [6.45, 7) is 4.94. The van der Waals surface area contributed by atoms with Crippen molar-refractivity contribution in [3.63, 3.8) is 0 Å². The first-order valence-electron chi connectivity index (χ1n) is 3.63. The van der Waals surface area contributed by atoms with E-state index in [4.69, 9.17) is 24.9 Å². The van der Waals surface area contributed by atoms with E-state index in [9.17, 15) is 0 Å². The van der Waals surface area contributed by atoms with Crippen LogP contribution in [0.1, 0.15) is 13.8 Å². The van der Waals surface area contributed by atoms with Crippen molar-refractivity contribution in [3.05, 3.63) is 0 Å². The summed E-state index contributed by atoms with van der Waals surface area (Å²) in [5.74, 6) is 0.